The van der Waals surface area contributed by atoms with Crippen LogP contribution in [-0.4, -0.2) is 41.5 Å². The number of thiazole rings is 1. The van der Waals surface area contributed by atoms with Crippen LogP contribution >= 0.6 is 11.3 Å². The van der Waals surface area contributed by atoms with E-state index in [-0.39, 0.29) is 21.3 Å². The second-order valence-corrected chi connectivity index (χ2v) is 9.69. The van der Waals surface area contributed by atoms with Crippen molar-refractivity contribution in [1.82, 2.24) is 4.98 Å². The van der Waals surface area contributed by atoms with Crippen molar-refractivity contribution in [2.24, 2.45) is 0 Å². The second-order valence-electron chi connectivity index (χ2n) is 8.71. The average molecular weight is 521 g/mol. The number of methoxy groups -OCH3 is 1. The van der Waals surface area contributed by atoms with Gasteiger partial charge in [0.2, 0.25) is 0 Å². The van der Waals surface area contributed by atoms with Crippen LogP contribution in [0.3, 0.4) is 0 Å². The maximum absolute atomic E-state index is 13.3. The van der Waals surface area contributed by atoms with E-state index in [4.69, 9.17) is 9.47 Å². The largest absolute Gasteiger partial charge is 0.507 e. The van der Waals surface area contributed by atoms with E-state index in [0.717, 1.165) is 29.7 Å². The number of esters is 1. The van der Waals surface area contributed by atoms with E-state index in [0.29, 0.717) is 29.2 Å². The number of benzene rings is 2. The number of aryl methyl sites for hydroxylation is 2. The summed E-state index contributed by atoms with van der Waals surface area (Å²) in [7, 11) is 1.26. The number of aliphatic hydroxyl groups excluding tert-OH is 1. The molecule has 2 heterocycles. The lowest BCUT2D eigenvalue weighted by atomic mass is 9.95. The van der Waals surface area contributed by atoms with Crippen molar-refractivity contribution in [2.45, 2.75) is 39.7 Å². The Kier molecular flexibility index (Phi) is 7.73. The third-order valence-corrected chi connectivity index (χ3v) is 7.23. The van der Waals surface area contributed by atoms with Crippen LogP contribution in [0.4, 0.5) is 5.13 Å². The number of hydrogen-bond acceptors (Lipinski definition) is 8. The van der Waals surface area contributed by atoms with E-state index >= 15 is 0 Å². The number of nitrogens with zero attached hydrogens (tertiary/aromatic N) is 2. The lowest BCUT2D eigenvalue weighted by Gasteiger charge is -2.23. The van der Waals surface area contributed by atoms with Gasteiger partial charge in [-0.05, 0) is 50.1 Å². The van der Waals surface area contributed by atoms with E-state index in [1.54, 1.807) is 43.3 Å². The van der Waals surface area contributed by atoms with Crippen molar-refractivity contribution < 1.29 is 29.0 Å². The number of rotatable bonds is 8. The summed E-state index contributed by atoms with van der Waals surface area (Å²) in [6, 6.07) is 13.1. The first-order valence-electron chi connectivity index (χ1n) is 11.9. The molecular weight excluding hydrogens is 492 g/mol. The zero-order valence-electron chi connectivity index (χ0n) is 21.1. The van der Waals surface area contributed by atoms with Crippen LogP contribution in [-0.2, 0) is 14.3 Å². The van der Waals surface area contributed by atoms with Crippen LogP contribution in [0, 0.1) is 13.8 Å². The maximum Gasteiger partial charge on any atom is 0.350 e. The van der Waals surface area contributed by atoms with Gasteiger partial charge in [0, 0.05) is 5.56 Å². The Hall–Kier alpha value is -3.98. The summed E-state index contributed by atoms with van der Waals surface area (Å²) in [4.78, 5) is 44.7. The summed E-state index contributed by atoms with van der Waals surface area (Å²) in [5, 5.41) is 11.5. The lowest BCUT2D eigenvalue weighted by Crippen LogP contribution is -2.29. The Labute approximate surface area is 219 Å². The Morgan fingerprint density at radius 2 is 1.76 bits per heavy atom. The fraction of sp³-hybridized carbons (Fsp3) is 0.286. The van der Waals surface area contributed by atoms with Gasteiger partial charge in [-0.25, -0.2) is 9.78 Å². The van der Waals surface area contributed by atoms with Gasteiger partial charge in [-0.3, -0.25) is 14.5 Å². The number of aromatic nitrogens is 1. The van der Waals surface area contributed by atoms with Crippen molar-refractivity contribution in [1.29, 1.82) is 0 Å². The van der Waals surface area contributed by atoms with Gasteiger partial charge >= 0.3 is 11.9 Å². The summed E-state index contributed by atoms with van der Waals surface area (Å²) >= 11 is 0.964. The van der Waals surface area contributed by atoms with E-state index in [9.17, 15) is 19.5 Å². The molecule has 192 valence electrons. The van der Waals surface area contributed by atoms with Gasteiger partial charge < -0.3 is 14.6 Å². The van der Waals surface area contributed by atoms with E-state index < -0.39 is 23.7 Å². The van der Waals surface area contributed by atoms with Crippen molar-refractivity contribution in [3.05, 3.63) is 81.4 Å². The molecule has 1 amide bonds. The number of ketones is 1. The average Bonchev–Trinajstić information content (AvgIpc) is 3.40. The molecule has 1 aliphatic rings. The first-order chi connectivity index (χ1) is 17.8. The summed E-state index contributed by atoms with van der Waals surface area (Å²) in [5.74, 6) is -1.90. The third-order valence-electron chi connectivity index (χ3n) is 6.09. The molecule has 1 aliphatic heterocycles. The summed E-state index contributed by atoms with van der Waals surface area (Å²) in [5.41, 5.74) is 2.33. The number of carbonyl (C=O) groups is 3. The van der Waals surface area contributed by atoms with Crippen LogP contribution in [0.2, 0.25) is 0 Å². The van der Waals surface area contributed by atoms with Crippen LogP contribution in [0.5, 0.6) is 5.75 Å². The van der Waals surface area contributed by atoms with E-state index in [2.05, 4.69) is 11.9 Å². The number of carbonyl (C=O) groups excluding carboxylic acids is 3. The highest BCUT2D eigenvalue weighted by atomic mass is 32.1. The van der Waals surface area contributed by atoms with Crippen LogP contribution in [0.15, 0.2) is 54.1 Å². The van der Waals surface area contributed by atoms with Crippen molar-refractivity contribution in [3.8, 4) is 5.75 Å². The smallest absolute Gasteiger partial charge is 0.350 e. The predicted molar refractivity (Wildman–Crippen MR) is 141 cm³/mol. The molecule has 1 unspecified atom stereocenters. The van der Waals surface area contributed by atoms with Gasteiger partial charge in [0.05, 0.1) is 31.0 Å². The molecular formula is C28H28N2O6S. The molecule has 1 saturated heterocycles. The van der Waals surface area contributed by atoms with Crippen molar-refractivity contribution in [3.63, 3.8) is 0 Å². The molecule has 0 aliphatic carbocycles. The van der Waals surface area contributed by atoms with Gasteiger partial charge in [-0.15, -0.1) is 0 Å². The zero-order chi connectivity index (χ0) is 26.7. The number of anilines is 1. The number of ether oxygens (including phenoxy) is 2. The number of aliphatic hydroxyl groups is 1. The van der Waals surface area contributed by atoms with Gasteiger partial charge in [0.25, 0.3) is 5.78 Å². The van der Waals surface area contributed by atoms with Crippen LogP contribution in [0.25, 0.3) is 5.76 Å². The Balaban J connectivity index is 1.81. The van der Waals surface area contributed by atoms with Crippen LogP contribution < -0.4 is 9.64 Å². The number of amides is 1. The fourth-order valence-corrected chi connectivity index (χ4v) is 5.07. The SMILES string of the molecule is CCCCOc1ccc(/C(O)=C2\C(=O)C(=O)N(c3nc(C)c(C(=O)OC)s3)C2c2ccc(C)cc2)cc1. The molecule has 1 aromatic heterocycles. The molecule has 0 saturated carbocycles. The second kappa shape index (κ2) is 11.0. The summed E-state index contributed by atoms with van der Waals surface area (Å²) in [6.07, 6.45) is 1.94. The van der Waals surface area contributed by atoms with Gasteiger partial charge in [0.15, 0.2) is 5.13 Å². The van der Waals surface area contributed by atoms with Crippen LogP contribution in [0.1, 0.15) is 57.9 Å². The molecule has 9 heteroatoms. The molecule has 1 N–H and O–H groups in total. The highest BCUT2D eigenvalue weighted by molar-refractivity contribution is 7.17. The molecule has 8 nitrogen and oxygen atoms in total. The Bertz CT molecular complexity index is 1360. The predicted octanol–water partition coefficient (Wildman–Crippen LogP) is 5.35. The molecule has 0 spiro atoms. The van der Waals surface area contributed by atoms with Crippen molar-refractivity contribution >= 4 is 39.9 Å². The molecule has 1 fully saturated rings. The molecule has 3 aromatic rings. The number of unbranched alkanes of at least 4 members (excludes halogenated alkanes) is 1. The molecule has 1 atom stereocenters. The van der Waals surface area contributed by atoms with E-state index in [1.165, 1.54) is 12.0 Å². The highest BCUT2D eigenvalue weighted by Crippen LogP contribution is 2.44. The third kappa shape index (κ3) is 5.13. The minimum atomic E-state index is -0.933. The first kappa shape index (κ1) is 26.1. The molecule has 0 bridgehead atoms. The van der Waals surface area contributed by atoms with Gasteiger partial charge in [-0.1, -0.05) is 54.5 Å². The minimum Gasteiger partial charge on any atom is -0.507 e. The van der Waals surface area contributed by atoms with Gasteiger partial charge in [-0.2, -0.15) is 0 Å². The molecule has 2 aromatic carbocycles. The monoisotopic (exact) mass is 520 g/mol. The Morgan fingerprint density at radius 1 is 1.08 bits per heavy atom. The zero-order valence-corrected chi connectivity index (χ0v) is 21.9. The fourth-order valence-electron chi connectivity index (χ4n) is 4.06. The Morgan fingerprint density at radius 3 is 2.38 bits per heavy atom. The van der Waals surface area contributed by atoms with Gasteiger partial charge in [0.1, 0.15) is 16.4 Å². The molecule has 0 radical (unpaired) electrons. The number of Topliss-reactive ketones (excluding diaryl/α,β-unsaturated/α-hetero) is 1. The summed E-state index contributed by atoms with van der Waals surface area (Å²) in [6.45, 7) is 6.22. The number of hydrogen-bond donors (Lipinski definition) is 1. The quantitative estimate of drug-likeness (QED) is 0.140. The summed E-state index contributed by atoms with van der Waals surface area (Å²) < 4.78 is 10.5. The highest BCUT2D eigenvalue weighted by Gasteiger charge is 2.48. The molecule has 4 rings (SSSR count). The lowest BCUT2D eigenvalue weighted by molar-refractivity contribution is -0.132. The maximum atomic E-state index is 13.3. The van der Waals surface area contributed by atoms with Crippen molar-refractivity contribution in [2.75, 3.05) is 18.6 Å². The minimum absolute atomic E-state index is 0.0547. The van der Waals surface area contributed by atoms with E-state index in [1.807, 2.05) is 19.1 Å². The normalized spacial score (nSPS) is 16.8. The molecule has 37 heavy (non-hydrogen) atoms. The first-order valence-corrected chi connectivity index (χ1v) is 12.7. The standard InChI is InChI=1S/C28H28N2O6S/c1-5-6-15-36-20-13-11-19(12-14-20)23(31)21-22(18-9-7-16(2)8-10-18)30(26(33)24(21)32)28-29-17(3)25(37-28)27(34)35-4/h7-14,22,31H,5-6,15H2,1-4H3/b23-21+. The topological polar surface area (TPSA) is 106 Å².